The molecule has 0 fully saturated rings. The Labute approximate surface area is 156 Å². The zero-order chi connectivity index (χ0) is 19.8. The normalized spacial score (nSPS) is 11.3. The van der Waals surface area contributed by atoms with E-state index in [9.17, 15) is 14.4 Å². The van der Waals surface area contributed by atoms with E-state index in [0.29, 0.717) is 17.0 Å². The molecule has 0 aliphatic carbocycles. The van der Waals surface area contributed by atoms with Gasteiger partial charge in [0.1, 0.15) is 12.3 Å². The maximum Gasteiger partial charge on any atom is 0.322 e. The Morgan fingerprint density at radius 3 is 2.26 bits per heavy atom. The van der Waals surface area contributed by atoms with Crippen molar-refractivity contribution in [3.8, 4) is 5.75 Å². The predicted octanol–water partition coefficient (Wildman–Crippen LogP) is 1.02. The van der Waals surface area contributed by atoms with Gasteiger partial charge in [0.2, 0.25) is 5.91 Å². The number of anilines is 1. The Bertz CT molecular complexity index is 803. The highest BCUT2D eigenvalue weighted by molar-refractivity contribution is 6.04. The molecule has 2 aromatic rings. The molecule has 5 N–H and O–H groups in total. The van der Waals surface area contributed by atoms with Gasteiger partial charge in [-0.1, -0.05) is 12.1 Å². The Kier molecular flexibility index (Phi) is 6.90. The Hall–Kier alpha value is -3.39. The topological polar surface area (TPSA) is 131 Å². The molecule has 0 bridgehead atoms. The predicted molar refractivity (Wildman–Crippen MR) is 99.7 cm³/mol. The highest BCUT2D eigenvalue weighted by Crippen LogP contribution is 2.15. The second-order valence-electron chi connectivity index (χ2n) is 5.80. The lowest BCUT2D eigenvalue weighted by Gasteiger charge is -2.12. The fourth-order valence-corrected chi connectivity index (χ4v) is 2.31. The number of methoxy groups -OCH3 is 1. The van der Waals surface area contributed by atoms with Crippen molar-refractivity contribution in [2.24, 2.45) is 5.73 Å². The van der Waals surface area contributed by atoms with Crippen LogP contribution >= 0.6 is 0 Å². The summed E-state index contributed by atoms with van der Waals surface area (Å²) in [6, 6.07) is 12.8. The molecule has 1 atom stereocenters. The molecule has 0 saturated heterocycles. The largest absolute Gasteiger partial charge is 0.497 e. The lowest BCUT2D eigenvalue weighted by Crippen LogP contribution is -2.43. The van der Waals surface area contributed by atoms with E-state index < -0.39 is 24.5 Å². The van der Waals surface area contributed by atoms with Crippen molar-refractivity contribution in [2.75, 3.05) is 19.0 Å². The summed E-state index contributed by atoms with van der Waals surface area (Å²) in [7, 11) is 1.55. The number of carboxylic acids is 1. The van der Waals surface area contributed by atoms with Gasteiger partial charge >= 0.3 is 5.97 Å². The second-order valence-corrected chi connectivity index (χ2v) is 5.80. The van der Waals surface area contributed by atoms with E-state index in [-0.39, 0.29) is 12.3 Å². The molecule has 0 spiro atoms. The third-order valence-electron chi connectivity index (χ3n) is 3.77. The van der Waals surface area contributed by atoms with Gasteiger partial charge in [-0.05, 0) is 48.4 Å². The van der Waals surface area contributed by atoms with E-state index in [4.69, 9.17) is 15.6 Å². The van der Waals surface area contributed by atoms with E-state index in [1.807, 2.05) is 0 Å². The van der Waals surface area contributed by atoms with E-state index in [2.05, 4.69) is 10.6 Å². The van der Waals surface area contributed by atoms with Crippen molar-refractivity contribution in [3.63, 3.8) is 0 Å². The van der Waals surface area contributed by atoms with Gasteiger partial charge in [-0.3, -0.25) is 14.4 Å². The average Bonchev–Trinajstić information content (AvgIpc) is 2.67. The average molecular weight is 371 g/mol. The quantitative estimate of drug-likeness (QED) is 0.548. The molecular weight excluding hydrogens is 350 g/mol. The minimum Gasteiger partial charge on any atom is -0.497 e. The summed E-state index contributed by atoms with van der Waals surface area (Å²) < 4.78 is 5.06. The van der Waals surface area contributed by atoms with Gasteiger partial charge in [-0.15, -0.1) is 0 Å². The Morgan fingerprint density at radius 1 is 1.07 bits per heavy atom. The van der Waals surface area contributed by atoms with E-state index in [1.165, 1.54) is 0 Å². The Morgan fingerprint density at radius 2 is 1.70 bits per heavy atom. The number of rotatable bonds is 8. The van der Waals surface area contributed by atoms with Gasteiger partial charge in [0.15, 0.2) is 0 Å². The molecule has 0 aromatic heterocycles. The van der Waals surface area contributed by atoms with Gasteiger partial charge in [-0.25, -0.2) is 0 Å². The molecule has 2 aromatic carbocycles. The molecule has 0 saturated carbocycles. The summed E-state index contributed by atoms with van der Waals surface area (Å²) in [6.07, 6.45) is 0.248. The highest BCUT2D eigenvalue weighted by Gasteiger charge is 2.15. The number of benzene rings is 2. The molecule has 2 rings (SSSR count). The fourth-order valence-electron chi connectivity index (χ4n) is 2.31. The number of aliphatic carboxylic acids is 1. The first-order chi connectivity index (χ1) is 12.9. The van der Waals surface area contributed by atoms with Gasteiger partial charge in [-0.2, -0.15) is 0 Å². The SMILES string of the molecule is COc1ccc(C(=O)Nc2ccc(CC(N)C(=O)NCC(=O)O)cc2)cc1. The van der Waals surface area contributed by atoms with Crippen molar-refractivity contribution < 1.29 is 24.2 Å². The number of carbonyl (C=O) groups is 3. The van der Waals surface area contributed by atoms with Crippen molar-refractivity contribution in [1.82, 2.24) is 5.32 Å². The van der Waals surface area contributed by atoms with E-state index in [0.717, 1.165) is 5.56 Å². The van der Waals surface area contributed by atoms with Crippen LogP contribution in [0.25, 0.3) is 0 Å². The molecule has 0 radical (unpaired) electrons. The molecule has 142 valence electrons. The van der Waals surface area contributed by atoms with Crippen LogP contribution in [0.15, 0.2) is 48.5 Å². The second kappa shape index (κ2) is 9.35. The van der Waals surface area contributed by atoms with Crippen molar-refractivity contribution >= 4 is 23.5 Å². The van der Waals surface area contributed by atoms with Crippen LogP contribution in [-0.2, 0) is 16.0 Å². The van der Waals surface area contributed by atoms with Crippen LogP contribution in [0.4, 0.5) is 5.69 Å². The summed E-state index contributed by atoms with van der Waals surface area (Å²) in [6.45, 7) is -0.469. The number of hydrogen-bond acceptors (Lipinski definition) is 5. The van der Waals surface area contributed by atoms with Crippen LogP contribution in [0.1, 0.15) is 15.9 Å². The minimum atomic E-state index is -1.13. The summed E-state index contributed by atoms with van der Waals surface area (Å²) in [5, 5.41) is 13.6. The van der Waals surface area contributed by atoms with Crippen LogP contribution in [0.2, 0.25) is 0 Å². The lowest BCUT2D eigenvalue weighted by molar-refractivity contribution is -0.138. The minimum absolute atomic E-state index is 0.248. The van der Waals surface area contributed by atoms with Crippen LogP contribution in [0, 0.1) is 0 Å². The Balaban J connectivity index is 1.91. The van der Waals surface area contributed by atoms with Gasteiger partial charge in [0.25, 0.3) is 5.91 Å². The van der Waals surface area contributed by atoms with E-state index >= 15 is 0 Å². The molecule has 0 aliphatic rings. The van der Waals surface area contributed by atoms with Gasteiger partial charge < -0.3 is 26.2 Å². The maximum absolute atomic E-state index is 12.2. The highest BCUT2D eigenvalue weighted by atomic mass is 16.5. The van der Waals surface area contributed by atoms with Crippen molar-refractivity contribution in [3.05, 3.63) is 59.7 Å². The number of carbonyl (C=O) groups excluding carboxylic acids is 2. The maximum atomic E-state index is 12.2. The third-order valence-corrected chi connectivity index (χ3v) is 3.77. The zero-order valence-electron chi connectivity index (χ0n) is 14.8. The number of amides is 2. The van der Waals surface area contributed by atoms with E-state index in [1.54, 1.807) is 55.6 Å². The molecule has 0 aliphatic heterocycles. The first-order valence-electron chi connectivity index (χ1n) is 8.18. The van der Waals surface area contributed by atoms with Crippen LogP contribution in [0.3, 0.4) is 0 Å². The summed E-state index contributed by atoms with van der Waals surface area (Å²) in [5.41, 5.74) is 7.65. The summed E-state index contributed by atoms with van der Waals surface area (Å²) in [4.78, 5) is 34.4. The molecular formula is C19H21N3O5. The molecule has 0 heterocycles. The first-order valence-corrected chi connectivity index (χ1v) is 8.18. The monoisotopic (exact) mass is 371 g/mol. The molecule has 1 unspecified atom stereocenters. The number of carboxylic acid groups (broad SMARTS) is 1. The number of ether oxygens (including phenoxy) is 1. The van der Waals surface area contributed by atoms with Gasteiger partial charge in [0, 0.05) is 11.3 Å². The fraction of sp³-hybridized carbons (Fsp3) is 0.211. The number of nitrogens with one attached hydrogen (secondary N) is 2. The molecule has 27 heavy (non-hydrogen) atoms. The summed E-state index contributed by atoms with van der Waals surface area (Å²) in [5.74, 6) is -1.25. The van der Waals surface area contributed by atoms with Crippen LogP contribution in [-0.4, -0.2) is 42.6 Å². The number of hydrogen-bond donors (Lipinski definition) is 4. The summed E-state index contributed by atoms with van der Waals surface area (Å²) >= 11 is 0. The zero-order valence-corrected chi connectivity index (χ0v) is 14.8. The van der Waals surface area contributed by atoms with Crippen LogP contribution in [0.5, 0.6) is 5.75 Å². The molecule has 8 nitrogen and oxygen atoms in total. The standard InChI is InChI=1S/C19H21N3O5/c1-27-15-8-4-13(5-9-15)18(25)22-14-6-2-12(3-7-14)10-16(20)19(26)21-11-17(23)24/h2-9,16H,10-11,20H2,1H3,(H,21,26)(H,22,25)(H,23,24). The van der Waals surface area contributed by atoms with Crippen molar-refractivity contribution in [2.45, 2.75) is 12.5 Å². The molecule has 2 amide bonds. The van der Waals surface area contributed by atoms with Crippen molar-refractivity contribution in [1.29, 1.82) is 0 Å². The smallest absolute Gasteiger partial charge is 0.322 e. The molecule has 8 heteroatoms. The number of nitrogens with two attached hydrogens (primary N) is 1. The first kappa shape index (κ1) is 19.9. The lowest BCUT2D eigenvalue weighted by atomic mass is 10.1. The van der Waals surface area contributed by atoms with Gasteiger partial charge in [0.05, 0.1) is 13.2 Å². The van der Waals surface area contributed by atoms with Crippen LogP contribution < -0.4 is 21.1 Å². The third kappa shape index (κ3) is 6.12.